The predicted octanol–water partition coefficient (Wildman–Crippen LogP) is 3.74. The third-order valence-corrected chi connectivity index (χ3v) is 5.09. The summed E-state index contributed by atoms with van der Waals surface area (Å²) in [5.74, 6) is 0.445. The van der Waals surface area contributed by atoms with Gasteiger partial charge in [-0.3, -0.25) is 14.5 Å². The monoisotopic (exact) mass is 379 g/mol. The molecule has 0 saturated heterocycles. The maximum absolute atomic E-state index is 12.3. The average molecular weight is 379 g/mol. The molecular formula is C20H17N3O3S. The number of carbonyl (C=O) groups excluding carboxylic acids is 2. The fourth-order valence-electron chi connectivity index (χ4n) is 3.15. The van der Waals surface area contributed by atoms with E-state index in [1.54, 1.807) is 24.3 Å². The third-order valence-electron chi connectivity index (χ3n) is 4.29. The topological polar surface area (TPSA) is 76.3 Å². The number of hydrogen-bond donors (Lipinski definition) is 0. The number of amides is 2. The van der Waals surface area contributed by atoms with Crippen LogP contribution in [-0.2, 0) is 0 Å². The van der Waals surface area contributed by atoms with Gasteiger partial charge >= 0.3 is 0 Å². The van der Waals surface area contributed by atoms with Gasteiger partial charge in [-0.1, -0.05) is 41.1 Å². The average Bonchev–Trinajstić information content (AvgIpc) is 3.20. The van der Waals surface area contributed by atoms with Crippen LogP contribution in [0.25, 0.3) is 11.5 Å². The Hall–Kier alpha value is -2.93. The quantitative estimate of drug-likeness (QED) is 0.496. The second kappa shape index (κ2) is 7.00. The van der Waals surface area contributed by atoms with Crippen molar-refractivity contribution < 1.29 is 14.0 Å². The number of fused-ring (bicyclic) bond motifs is 1. The van der Waals surface area contributed by atoms with Gasteiger partial charge in [0.15, 0.2) is 0 Å². The van der Waals surface area contributed by atoms with E-state index in [2.05, 4.69) is 16.3 Å². The number of rotatable bonds is 5. The van der Waals surface area contributed by atoms with Gasteiger partial charge in [0, 0.05) is 17.9 Å². The number of benzene rings is 2. The van der Waals surface area contributed by atoms with Crippen molar-refractivity contribution in [3.8, 4) is 11.5 Å². The smallest absolute Gasteiger partial charge is 0.276 e. The lowest BCUT2D eigenvalue weighted by Gasteiger charge is -2.12. The molecule has 136 valence electrons. The van der Waals surface area contributed by atoms with Crippen molar-refractivity contribution in [2.75, 3.05) is 12.3 Å². The second-order valence-corrected chi connectivity index (χ2v) is 7.45. The molecule has 7 heteroatoms. The largest absolute Gasteiger partial charge is 0.411 e. The number of carbonyl (C=O) groups is 2. The summed E-state index contributed by atoms with van der Waals surface area (Å²) >= 11 is 1.33. The second-order valence-electron chi connectivity index (χ2n) is 6.41. The van der Waals surface area contributed by atoms with Gasteiger partial charge in [0.2, 0.25) is 5.89 Å². The minimum Gasteiger partial charge on any atom is -0.411 e. The Morgan fingerprint density at radius 3 is 2.22 bits per heavy atom. The fourth-order valence-corrected chi connectivity index (χ4v) is 3.83. The zero-order valence-corrected chi connectivity index (χ0v) is 15.7. The first-order chi connectivity index (χ1) is 13.0. The maximum Gasteiger partial charge on any atom is 0.276 e. The van der Waals surface area contributed by atoms with Crippen LogP contribution < -0.4 is 0 Å². The molecule has 1 aromatic heterocycles. The molecule has 0 radical (unpaired) electrons. The lowest BCUT2D eigenvalue weighted by molar-refractivity contribution is 0.0664. The van der Waals surface area contributed by atoms with E-state index in [1.807, 2.05) is 26.0 Å². The van der Waals surface area contributed by atoms with E-state index in [4.69, 9.17) is 4.42 Å². The molecule has 0 bridgehead atoms. The molecule has 0 fully saturated rings. The molecule has 0 atom stereocenters. The summed E-state index contributed by atoms with van der Waals surface area (Å²) in [4.78, 5) is 26.0. The summed E-state index contributed by atoms with van der Waals surface area (Å²) in [6.07, 6.45) is 0. The minimum atomic E-state index is -0.252. The summed E-state index contributed by atoms with van der Waals surface area (Å²) in [7, 11) is 0. The molecule has 0 aliphatic carbocycles. The number of imide groups is 1. The normalized spacial score (nSPS) is 13.3. The van der Waals surface area contributed by atoms with Crippen molar-refractivity contribution >= 4 is 23.6 Å². The van der Waals surface area contributed by atoms with Gasteiger partial charge in [-0.15, -0.1) is 10.2 Å². The van der Waals surface area contributed by atoms with Gasteiger partial charge in [0.05, 0.1) is 11.1 Å². The zero-order valence-electron chi connectivity index (χ0n) is 14.9. The Labute approximate surface area is 160 Å². The summed E-state index contributed by atoms with van der Waals surface area (Å²) in [5, 5.41) is 8.57. The third kappa shape index (κ3) is 3.38. The van der Waals surface area contributed by atoms with E-state index in [-0.39, 0.29) is 18.4 Å². The molecule has 2 aromatic carbocycles. The van der Waals surface area contributed by atoms with Gasteiger partial charge in [-0.2, -0.15) is 0 Å². The molecule has 4 rings (SSSR count). The Kier molecular flexibility index (Phi) is 4.53. The van der Waals surface area contributed by atoms with E-state index in [0.29, 0.717) is 28.0 Å². The molecule has 1 aliphatic heterocycles. The number of aromatic nitrogens is 2. The van der Waals surface area contributed by atoms with Crippen LogP contribution in [0.2, 0.25) is 0 Å². The number of hydrogen-bond acceptors (Lipinski definition) is 6. The Bertz CT molecular complexity index is 989. The van der Waals surface area contributed by atoms with Crippen molar-refractivity contribution in [2.24, 2.45) is 0 Å². The number of nitrogens with zero attached hydrogens (tertiary/aromatic N) is 3. The van der Waals surface area contributed by atoms with Crippen molar-refractivity contribution in [3.05, 3.63) is 64.7 Å². The van der Waals surface area contributed by atoms with Crippen LogP contribution >= 0.6 is 11.8 Å². The summed E-state index contributed by atoms with van der Waals surface area (Å²) in [6, 6.07) is 12.9. The van der Waals surface area contributed by atoms with Gasteiger partial charge in [-0.25, -0.2) is 0 Å². The van der Waals surface area contributed by atoms with E-state index >= 15 is 0 Å². The van der Waals surface area contributed by atoms with E-state index in [1.165, 1.54) is 16.7 Å². The van der Waals surface area contributed by atoms with Crippen molar-refractivity contribution in [1.82, 2.24) is 15.1 Å². The van der Waals surface area contributed by atoms with Crippen LogP contribution in [0, 0.1) is 13.8 Å². The van der Waals surface area contributed by atoms with Crippen molar-refractivity contribution in [3.63, 3.8) is 0 Å². The molecule has 1 aliphatic rings. The predicted molar refractivity (Wildman–Crippen MR) is 102 cm³/mol. The van der Waals surface area contributed by atoms with Crippen molar-refractivity contribution in [1.29, 1.82) is 0 Å². The number of aryl methyl sites for hydroxylation is 2. The molecule has 2 heterocycles. The Morgan fingerprint density at radius 1 is 0.963 bits per heavy atom. The van der Waals surface area contributed by atoms with Gasteiger partial charge < -0.3 is 4.42 Å². The molecule has 2 amide bonds. The summed E-state index contributed by atoms with van der Waals surface area (Å²) < 4.78 is 5.71. The minimum absolute atomic E-state index is 0.252. The lowest BCUT2D eigenvalue weighted by atomic mass is 10.1. The highest BCUT2D eigenvalue weighted by atomic mass is 32.2. The molecule has 27 heavy (non-hydrogen) atoms. The molecule has 0 unspecified atom stereocenters. The molecule has 3 aromatic rings. The van der Waals surface area contributed by atoms with Crippen LogP contribution in [-0.4, -0.2) is 39.2 Å². The number of thioether (sulfide) groups is 1. The van der Waals surface area contributed by atoms with Crippen LogP contribution in [0.5, 0.6) is 0 Å². The molecule has 0 spiro atoms. The first-order valence-corrected chi connectivity index (χ1v) is 9.51. The fraction of sp³-hybridized carbons (Fsp3) is 0.200. The Balaban J connectivity index is 1.40. The van der Waals surface area contributed by atoms with Crippen LogP contribution in [0.15, 0.2) is 52.1 Å². The first kappa shape index (κ1) is 17.5. The lowest BCUT2D eigenvalue weighted by Crippen LogP contribution is -2.31. The summed E-state index contributed by atoms with van der Waals surface area (Å²) in [5.41, 5.74) is 4.06. The van der Waals surface area contributed by atoms with E-state index < -0.39 is 0 Å². The maximum atomic E-state index is 12.3. The van der Waals surface area contributed by atoms with Crippen LogP contribution in [0.1, 0.15) is 31.8 Å². The zero-order chi connectivity index (χ0) is 19.0. The van der Waals surface area contributed by atoms with Crippen LogP contribution in [0.4, 0.5) is 0 Å². The molecule has 0 saturated carbocycles. The highest BCUT2D eigenvalue weighted by molar-refractivity contribution is 7.99. The van der Waals surface area contributed by atoms with E-state index in [0.717, 1.165) is 16.7 Å². The van der Waals surface area contributed by atoms with Crippen molar-refractivity contribution in [2.45, 2.75) is 19.1 Å². The van der Waals surface area contributed by atoms with Gasteiger partial charge in [0.1, 0.15) is 0 Å². The highest BCUT2D eigenvalue weighted by Crippen LogP contribution is 2.26. The van der Waals surface area contributed by atoms with Crippen LogP contribution in [0.3, 0.4) is 0 Å². The first-order valence-electron chi connectivity index (χ1n) is 8.53. The molecule has 6 nitrogen and oxygen atoms in total. The van der Waals surface area contributed by atoms with Gasteiger partial charge in [-0.05, 0) is 38.1 Å². The van der Waals surface area contributed by atoms with Gasteiger partial charge in [0.25, 0.3) is 17.0 Å². The Morgan fingerprint density at radius 2 is 1.59 bits per heavy atom. The summed E-state index contributed by atoms with van der Waals surface area (Å²) in [6.45, 7) is 4.33. The molecular weight excluding hydrogens is 362 g/mol. The molecule has 0 N–H and O–H groups in total. The SMILES string of the molecule is Cc1cc(C)cc(-c2nnc(SCCN3C(=O)c4ccccc4C3=O)o2)c1. The standard InChI is InChI=1S/C20H17N3O3S/c1-12-9-13(2)11-14(10-12)17-21-22-20(26-17)27-8-7-23-18(24)15-5-3-4-6-16(15)19(23)25/h3-6,9-11H,7-8H2,1-2H3. The van der Waals surface area contributed by atoms with E-state index in [9.17, 15) is 9.59 Å². The highest BCUT2D eigenvalue weighted by Gasteiger charge is 2.34.